The Labute approximate surface area is 141 Å². The van der Waals surface area contributed by atoms with Gasteiger partial charge in [0, 0.05) is 11.6 Å². The lowest BCUT2D eigenvalue weighted by Gasteiger charge is -2.57. The van der Waals surface area contributed by atoms with E-state index in [1.165, 1.54) is 0 Å². The molecular formula is C17H24ClNO4. The zero-order chi connectivity index (χ0) is 17.0. The van der Waals surface area contributed by atoms with Crippen LogP contribution >= 0.6 is 11.6 Å². The van der Waals surface area contributed by atoms with Gasteiger partial charge in [0.2, 0.25) is 5.54 Å². The van der Waals surface area contributed by atoms with E-state index in [0.717, 1.165) is 6.42 Å². The Hall–Kier alpha value is -1.04. The Bertz CT molecular complexity index is 591. The largest absolute Gasteiger partial charge is 0.453 e. The molecule has 2 fully saturated rings. The normalized spacial score (nSPS) is 43.9. The molecule has 3 rings (SSSR count). The standard InChI is InChI=1S/C17H24ClNO4/c1-10-15(2,7-8-18)16(3)17(19-10,14(22)23-16)13(21)11-5-4-6-12(20)9-11/h9,12-13,19-21H,1,4-8H2,2-3H3/t12?,13?,15-,16-,17-/m0/s1. The molecule has 6 heteroatoms. The first-order valence-electron chi connectivity index (χ1n) is 8.06. The minimum Gasteiger partial charge on any atom is -0.453 e. The van der Waals surface area contributed by atoms with E-state index in [1.807, 2.05) is 13.8 Å². The molecule has 0 amide bonds. The number of esters is 1. The maximum absolute atomic E-state index is 12.4. The Balaban J connectivity index is 2.03. The number of halogens is 1. The van der Waals surface area contributed by atoms with Gasteiger partial charge < -0.3 is 20.3 Å². The van der Waals surface area contributed by atoms with E-state index < -0.39 is 34.7 Å². The first-order chi connectivity index (χ1) is 10.7. The minimum atomic E-state index is -1.26. The van der Waals surface area contributed by atoms with E-state index in [-0.39, 0.29) is 0 Å². The second-order valence-electron chi connectivity index (χ2n) is 7.21. The number of rotatable bonds is 4. The highest BCUT2D eigenvalue weighted by atomic mass is 35.5. The molecule has 23 heavy (non-hydrogen) atoms. The van der Waals surface area contributed by atoms with Gasteiger partial charge in [0.15, 0.2) is 5.60 Å². The number of carbonyl (C=O) groups excluding carboxylic acids is 1. The van der Waals surface area contributed by atoms with Crippen molar-refractivity contribution in [3.63, 3.8) is 0 Å². The molecule has 0 aromatic rings. The molecule has 5 nitrogen and oxygen atoms in total. The molecule has 1 aliphatic carbocycles. The molecule has 2 heterocycles. The maximum Gasteiger partial charge on any atom is 0.339 e. The van der Waals surface area contributed by atoms with Crippen molar-refractivity contribution in [2.45, 2.75) is 62.9 Å². The number of aliphatic hydroxyl groups is 2. The number of hydrogen-bond acceptors (Lipinski definition) is 5. The highest BCUT2D eigenvalue weighted by Gasteiger charge is 2.81. The van der Waals surface area contributed by atoms with Crippen molar-refractivity contribution in [1.29, 1.82) is 0 Å². The van der Waals surface area contributed by atoms with E-state index in [1.54, 1.807) is 6.08 Å². The van der Waals surface area contributed by atoms with Gasteiger partial charge in [0.1, 0.15) is 6.10 Å². The zero-order valence-electron chi connectivity index (χ0n) is 13.6. The second-order valence-corrected chi connectivity index (χ2v) is 7.59. The SMILES string of the molecule is C=C1N[C@@]2(C(O)C3=CC(O)CCC3)C(=O)O[C@@]2(C)[C@@]1(C)CCCl. The molecule has 0 radical (unpaired) electrons. The predicted molar refractivity (Wildman–Crippen MR) is 86.9 cm³/mol. The summed E-state index contributed by atoms with van der Waals surface area (Å²) in [7, 11) is 0. The summed E-state index contributed by atoms with van der Waals surface area (Å²) in [6.07, 6.45) is 2.73. The summed E-state index contributed by atoms with van der Waals surface area (Å²) in [5, 5.41) is 24.0. The third-order valence-electron chi connectivity index (χ3n) is 6.17. The molecule has 2 unspecified atom stereocenters. The van der Waals surface area contributed by atoms with Crippen LogP contribution in [0.1, 0.15) is 39.5 Å². The Morgan fingerprint density at radius 2 is 2.26 bits per heavy atom. The molecule has 3 N–H and O–H groups in total. The van der Waals surface area contributed by atoms with Crippen LogP contribution in [-0.4, -0.2) is 45.4 Å². The van der Waals surface area contributed by atoms with Crippen molar-refractivity contribution in [2.24, 2.45) is 5.41 Å². The summed E-state index contributed by atoms with van der Waals surface area (Å²) >= 11 is 5.95. The fourth-order valence-electron chi connectivity index (χ4n) is 4.33. The fraction of sp³-hybridized carbons (Fsp3) is 0.706. The number of alkyl halides is 1. The van der Waals surface area contributed by atoms with Crippen molar-refractivity contribution in [3.05, 3.63) is 23.9 Å². The van der Waals surface area contributed by atoms with Gasteiger partial charge in [0.25, 0.3) is 0 Å². The quantitative estimate of drug-likeness (QED) is 0.411. The molecular weight excluding hydrogens is 318 g/mol. The van der Waals surface area contributed by atoms with Gasteiger partial charge in [-0.3, -0.25) is 0 Å². The van der Waals surface area contributed by atoms with E-state index in [4.69, 9.17) is 16.3 Å². The zero-order valence-corrected chi connectivity index (χ0v) is 14.3. The number of fused-ring (bicyclic) bond motifs is 1. The first-order valence-corrected chi connectivity index (χ1v) is 8.60. The maximum atomic E-state index is 12.4. The van der Waals surface area contributed by atoms with Gasteiger partial charge in [-0.05, 0) is 38.2 Å². The van der Waals surface area contributed by atoms with Crippen molar-refractivity contribution < 1.29 is 19.7 Å². The Morgan fingerprint density at radius 1 is 1.57 bits per heavy atom. The highest BCUT2D eigenvalue weighted by molar-refractivity contribution is 6.17. The summed E-state index contributed by atoms with van der Waals surface area (Å²) in [5.41, 5.74) is -1.40. The van der Waals surface area contributed by atoms with Crippen LogP contribution in [0.25, 0.3) is 0 Å². The third-order valence-corrected chi connectivity index (χ3v) is 6.35. The molecule has 0 bridgehead atoms. The van der Waals surface area contributed by atoms with Crippen LogP contribution in [0.3, 0.4) is 0 Å². The monoisotopic (exact) mass is 341 g/mol. The number of nitrogens with one attached hydrogen (secondary N) is 1. The van der Waals surface area contributed by atoms with E-state index in [2.05, 4.69) is 11.9 Å². The van der Waals surface area contributed by atoms with Gasteiger partial charge in [-0.25, -0.2) is 4.79 Å². The molecule has 2 saturated heterocycles. The van der Waals surface area contributed by atoms with Crippen molar-refractivity contribution >= 4 is 17.6 Å². The third kappa shape index (κ3) is 1.90. The van der Waals surface area contributed by atoms with Crippen LogP contribution in [0.15, 0.2) is 23.9 Å². The Morgan fingerprint density at radius 3 is 2.83 bits per heavy atom. The van der Waals surface area contributed by atoms with Crippen LogP contribution in [0.5, 0.6) is 0 Å². The number of ether oxygens (including phenoxy) is 1. The van der Waals surface area contributed by atoms with Crippen molar-refractivity contribution in [1.82, 2.24) is 5.32 Å². The van der Waals surface area contributed by atoms with Crippen LogP contribution < -0.4 is 5.32 Å². The minimum absolute atomic E-state index is 0.401. The lowest BCUT2D eigenvalue weighted by atomic mass is 9.59. The molecule has 3 aliphatic rings. The number of hydrogen-bond donors (Lipinski definition) is 3. The first kappa shape index (κ1) is 16.8. The molecule has 128 valence electrons. The van der Waals surface area contributed by atoms with Gasteiger partial charge >= 0.3 is 5.97 Å². The summed E-state index contributed by atoms with van der Waals surface area (Å²) in [6, 6.07) is 0. The predicted octanol–water partition coefficient (Wildman–Crippen LogP) is 1.62. The molecule has 2 aliphatic heterocycles. The number of aliphatic hydroxyl groups excluding tert-OH is 2. The van der Waals surface area contributed by atoms with Crippen molar-refractivity contribution in [2.75, 3.05) is 5.88 Å². The van der Waals surface area contributed by atoms with Gasteiger partial charge in [0.05, 0.1) is 11.5 Å². The van der Waals surface area contributed by atoms with Crippen LogP contribution in [0, 0.1) is 5.41 Å². The molecule has 0 spiro atoms. The average Bonchev–Trinajstić information content (AvgIpc) is 2.63. The summed E-state index contributed by atoms with van der Waals surface area (Å²) in [6.45, 7) is 7.83. The van der Waals surface area contributed by atoms with Gasteiger partial charge in [-0.1, -0.05) is 19.6 Å². The molecule has 0 aromatic heterocycles. The van der Waals surface area contributed by atoms with Gasteiger partial charge in [-0.2, -0.15) is 0 Å². The summed E-state index contributed by atoms with van der Waals surface area (Å²) in [5.74, 6) is -0.0781. The lowest BCUT2D eigenvalue weighted by molar-refractivity contribution is -0.243. The Kier molecular flexibility index (Phi) is 3.82. The summed E-state index contributed by atoms with van der Waals surface area (Å²) < 4.78 is 5.56. The van der Waals surface area contributed by atoms with Crippen LogP contribution in [-0.2, 0) is 9.53 Å². The van der Waals surface area contributed by atoms with E-state index in [9.17, 15) is 15.0 Å². The number of carbonyl (C=O) groups is 1. The molecule has 5 atom stereocenters. The molecule has 0 aromatic carbocycles. The van der Waals surface area contributed by atoms with Gasteiger partial charge in [-0.15, -0.1) is 11.6 Å². The van der Waals surface area contributed by atoms with Crippen LogP contribution in [0.2, 0.25) is 0 Å². The smallest absolute Gasteiger partial charge is 0.339 e. The summed E-state index contributed by atoms with van der Waals surface area (Å²) in [4.78, 5) is 12.4. The lowest BCUT2D eigenvalue weighted by Crippen LogP contribution is -2.80. The van der Waals surface area contributed by atoms with Crippen LogP contribution in [0.4, 0.5) is 0 Å². The topological polar surface area (TPSA) is 78.8 Å². The van der Waals surface area contributed by atoms with Crippen molar-refractivity contribution in [3.8, 4) is 0 Å². The molecule has 0 saturated carbocycles. The average molecular weight is 342 g/mol. The second kappa shape index (κ2) is 5.23. The fourth-order valence-corrected chi connectivity index (χ4v) is 4.71. The highest BCUT2D eigenvalue weighted by Crippen LogP contribution is 2.62. The van der Waals surface area contributed by atoms with E-state index >= 15 is 0 Å². The van der Waals surface area contributed by atoms with E-state index in [0.29, 0.717) is 36.4 Å².